The molecule has 1 aromatic heterocycles. The van der Waals surface area contributed by atoms with Crippen LogP contribution in [0.4, 0.5) is 8.78 Å². The molecule has 2 unspecified atom stereocenters. The van der Waals surface area contributed by atoms with Crippen LogP contribution in [0.25, 0.3) is 0 Å². The number of hydrogen-bond donors (Lipinski definition) is 2. The third-order valence-electron chi connectivity index (χ3n) is 3.76. The van der Waals surface area contributed by atoms with E-state index in [0.717, 1.165) is 30.8 Å². The lowest BCUT2D eigenvalue weighted by Crippen LogP contribution is -2.50. The topological polar surface area (TPSA) is 66.9 Å². The molecule has 0 aliphatic carbocycles. The number of nitrogens with one attached hydrogen (secondary N) is 2. The number of carbonyl (C=O) groups is 1. The summed E-state index contributed by atoms with van der Waals surface area (Å²) >= 11 is 0.963. The number of halogens is 2. The minimum atomic E-state index is -0.871. The molecule has 2 atom stereocenters. The van der Waals surface area contributed by atoms with Gasteiger partial charge in [-0.25, -0.2) is 8.78 Å². The van der Waals surface area contributed by atoms with Crippen LogP contribution in [-0.2, 0) is 0 Å². The normalized spacial score (nSPS) is 21.5. The Labute approximate surface area is 130 Å². The van der Waals surface area contributed by atoms with Crippen LogP contribution in [-0.4, -0.2) is 33.8 Å². The van der Waals surface area contributed by atoms with Crippen LogP contribution >= 0.6 is 11.7 Å². The fourth-order valence-electron chi connectivity index (χ4n) is 2.66. The van der Waals surface area contributed by atoms with Crippen molar-refractivity contribution in [3.05, 3.63) is 47.3 Å². The second-order valence-electron chi connectivity index (χ2n) is 5.15. The third-order valence-corrected chi connectivity index (χ3v) is 4.24. The predicted molar refractivity (Wildman–Crippen MR) is 77.7 cm³/mol. The lowest BCUT2D eigenvalue weighted by atomic mass is 9.86. The van der Waals surface area contributed by atoms with Gasteiger partial charge < -0.3 is 10.6 Å². The maximum Gasteiger partial charge on any atom is 0.272 e. The number of benzene rings is 1. The lowest BCUT2D eigenvalue weighted by Gasteiger charge is -2.33. The van der Waals surface area contributed by atoms with Gasteiger partial charge in [0.05, 0.1) is 17.9 Å². The van der Waals surface area contributed by atoms with E-state index in [0.29, 0.717) is 12.1 Å². The van der Waals surface area contributed by atoms with E-state index < -0.39 is 11.6 Å². The van der Waals surface area contributed by atoms with Crippen LogP contribution in [0, 0.1) is 11.6 Å². The number of rotatable bonds is 3. The molecule has 0 radical (unpaired) electrons. The number of nitrogens with zero attached hydrogens (tertiary/aromatic N) is 2. The quantitative estimate of drug-likeness (QED) is 0.902. The molecule has 1 aliphatic heterocycles. The second kappa shape index (κ2) is 6.45. The summed E-state index contributed by atoms with van der Waals surface area (Å²) in [6.45, 7) is 1.32. The Bertz CT molecular complexity index is 665. The van der Waals surface area contributed by atoms with E-state index >= 15 is 0 Å². The van der Waals surface area contributed by atoms with Crippen molar-refractivity contribution in [3.63, 3.8) is 0 Å². The Morgan fingerprint density at radius 2 is 2.23 bits per heavy atom. The molecule has 0 spiro atoms. The van der Waals surface area contributed by atoms with Crippen LogP contribution < -0.4 is 10.6 Å². The lowest BCUT2D eigenvalue weighted by molar-refractivity contribution is 0.0920. The second-order valence-corrected chi connectivity index (χ2v) is 5.70. The molecule has 1 saturated heterocycles. The number of amides is 1. The zero-order chi connectivity index (χ0) is 15.5. The minimum Gasteiger partial charge on any atom is -0.346 e. The van der Waals surface area contributed by atoms with Gasteiger partial charge in [-0.05, 0) is 30.7 Å². The first-order valence-electron chi connectivity index (χ1n) is 6.89. The van der Waals surface area contributed by atoms with Gasteiger partial charge in [0.15, 0.2) is 17.3 Å². The van der Waals surface area contributed by atoms with Crippen LogP contribution in [0.2, 0.25) is 0 Å². The van der Waals surface area contributed by atoms with Crippen molar-refractivity contribution in [2.45, 2.75) is 18.4 Å². The van der Waals surface area contributed by atoms with E-state index in [1.807, 2.05) is 0 Å². The predicted octanol–water partition coefficient (Wildman–Crippen LogP) is 1.69. The molecule has 22 heavy (non-hydrogen) atoms. The largest absolute Gasteiger partial charge is 0.346 e. The maximum absolute atomic E-state index is 13.5. The molecule has 8 heteroatoms. The van der Waals surface area contributed by atoms with Gasteiger partial charge in [-0.2, -0.15) is 8.75 Å². The molecule has 3 rings (SSSR count). The molecular formula is C14H14F2N4OS. The number of aromatic nitrogens is 2. The van der Waals surface area contributed by atoms with Crippen molar-refractivity contribution in [1.29, 1.82) is 0 Å². The van der Waals surface area contributed by atoms with Crippen LogP contribution in [0.5, 0.6) is 0 Å². The Hall–Kier alpha value is -1.93. The summed E-state index contributed by atoms with van der Waals surface area (Å²) in [5, 5.41) is 6.09. The summed E-state index contributed by atoms with van der Waals surface area (Å²) < 4.78 is 34.2. The van der Waals surface area contributed by atoms with Gasteiger partial charge in [0.25, 0.3) is 5.91 Å². The Balaban J connectivity index is 1.79. The van der Waals surface area contributed by atoms with Crippen molar-refractivity contribution in [2.24, 2.45) is 0 Å². The number of hydrogen-bond acceptors (Lipinski definition) is 5. The highest BCUT2D eigenvalue weighted by molar-refractivity contribution is 6.99. The third kappa shape index (κ3) is 3.12. The average molecular weight is 324 g/mol. The molecule has 1 aliphatic rings. The van der Waals surface area contributed by atoms with E-state index in [-0.39, 0.29) is 23.6 Å². The van der Waals surface area contributed by atoms with Gasteiger partial charge in [-0.3, -0.25) is 4.79 Å². The first-order chi connectivity index (χ1) is 10.6. The summed E-state index contributed by atoms with van der Waals surface area (Å²) in [7, 11) is 0. The zero-order valence-electron chi connectivity index (χ0n) is 11.6. The first-order valence-corrected chi connectivity index (χ1v) is 7.62. The summed E-state index contributed by atoms with van der Waals surface area (Å²) in [6, 6.07) is 3.68. The summed E-state index contributed by atoms with van der Waals surface area (Å²) in [5.41, 5.74) is 0.946. The van der Waals surface area contributed by atoms with E-state index in [9.17, 15) is 13.6 Å². The Morgan fingerprint density at radius 1 is 1.36 bits per heavy atom. The minimum absolute atomic E-state index is 0.0769. The molecule has 5 nitrogen and oxygen atoms in total. The number of carbonyl (C=O) groups excluding carboxylic acids is 1. The summed E-state index contributed by atoms with van der Waals surface area (Å²) in [6.07, 6.45) is 2.13. The molecule has 1 aromatic carbocycles. The van der Waals surface area contributed by atoms with E-state index in [1.165, 1.54) is 12.3 Å². The van der Waals surface area contributed by atoms with Gasteiger partial charge >= 0.3 is 0 Å². The summed E-state index contributed by atoms with van der Waals surface area (Å²) in [5.74, 6) is -2.13. The molecule has 1 fully saturated rings. The van der Waals surface area contributed by atoms with Crippen LogP contribution in [0.3, 0.4) is 0 Å². The van der Waals surface area contributed by atoms with E-state index in [2.05, 4.69) is 19.4 Å². The highest BCUT2D eigenvalue weighted by Gasteiger charge is 2.29. The number of piperidine rings is 1. The van der Waals surface area contributed by atoms with Gasteiger partial charge in [0.2, 0.25) is 0 Å². The molecule has 2 aromatic rings. The van der Waals surface area contributed by atoms with Gasteiger partial charge in [0, 0.05) is 18.5 Å². The van der Waals surface area contributed by atoms with Crippen molar-refractivity contribution < 1.29 is 13.6 Å². The molecule has 0 bridgehead atoms. The SMILES string of the molecule is O=C(NC1CNCCC1c1ccc(F)c(F)c1)c1cnsn1. The van der Waals surface area contributed by atoms with Crippen molar-refractivity contribution in [3.8, 4) is 0 Å². The van der Waals surface area contributed by atoms with Crippen molar-refractivity contribution in [2.75, 3.05) is 13.1 Å². The molecule has 1 amide bonds. The average Bonchev–Trinajstić information content (AvgIpc) is 3.05. The van der Waals surface area contributed by atoms with Gasteiger partial charge in [0.1, 0.15) is 0 Å². The molecule has 2 N–H and O–H groups in total. The maximum atomic E-state index is 13.5. The van der Waals surface area contributed by atoms with Crippen LogP contribution in [0.1, 0.15) is 28.4 Å². The molecule has 2 heterocycles. The fourth-order valence-corrected chi connectivity index (χ4v) is 3.07. The first kappa shape index (κ1) is 15.0. The van der Waals surface area contributed by atoms with Crippen LogP contribution in [0.15, 0.2) is 24.4 Å². The zero-order valence-corrected chi connectivity index (χ0v) is 12.4. The standard InChI is InChI=1S/C14H14F2N4OS/c15-10-2-1-8(5-11(10)16)9-3-4-17-6-12(9)19-14(21)13-7-18-22-20-13/h1-2,5,7,9,12,17H,3-4,6H2,(H,19,21). The van der Waals surface area contributed by atoms with E-state index in [4.69, 9.17) is 0 Å². The highest BCUT2D eigenvalue weighted by Crippen LogP contribution is 2.27. The Kier molecular flexibility index (Phi) is 4.39. The van der Waals surface area contributed by atoms with E-state index in [1.54, 1.807) is 6.07 Å². The molecule has 116 valence electrons. The van der Waals surface area contributed by atoms with Crippen molar-refractivity contribution >= 4 is 17.6 Å². The monoisotopic (exact) mass is 324 g/mol. The molecular weight excluding hydrogens is 310 g/mol. The summed E-state index contributed by atoms with van der Waals surface area (Å²) in [4.78, 5) is 12.1. The highest BCUT2D eigenvalue weighted by atomic mass is 32.1. The van der Waals surface area contributed by atoms with Crippen molar-refractivity contribution in [1.82, 2.24) is 19.4 Å². The fraction of sp³-hybridized carbons (Fsp3) is 0.357. The smallest absolute Gasteiger partial charge is 0.272 e. The van der Waals surface area contributed by atoms with Gasteiger partial charge in [-0.15, -0.1) is 0 Å². The molecule has 0 saturated carbocycles. The Morgan fingerprint density at radius 3 is 2.95 bits per heavy atom. The van der Waals surface area contributed by atoms with Gasteiger partial charge in [-0.1, -0.05) is 6.07 Å².